The van der Waals surface area contributed by atoms with Crippen LogP contribution in [0.2, 0.25) is 0 Å². The van der Waals surface area contributed by atoms with E-state index in [-0.39, 0.29) is 29.3 Å². The highest BCUT2D eigenvalue weighted by Crippen LogP contribution is 2.70. The number of aliphatic hydroxyl groups is 2. The Hall–Kier alpha value is -3.30. The van der Waals surface area contributed by atoms with Gasteiger partial charge in [-0.05, 0) is 79.4 Å². The van der Waals surface area contributed by atoms with Gasteiger partial charge in [-0.2, -0.15) is 0 Å². The molecule has 5 aliphatic rings. The lowest BCUT2D eigenvalue weighted by molar-refractivity contribution is -0.201. The Morgan fingerprint density at radius 1 is 1.12 bits per heavy atom. The predicted octanol–water partition coefficient (Wildman–Crippen LogP) is 4.17. The number of fused-ring (bicyclic) bond motifs is 7. The van der Waals surface area contributed by atoms with E-state index >= 15 is 0 Å². The molecular formula is C35H39NO7. The Kier molecular flexibility index (Phi) is 6.53. The number of carbonyl (C=O) groups is 2. The van der Waals surface area contributed by atoms with Crippen LogP contribution in [0.15, 0.2) is 66.3 Å². The fourth-order valence-electron chi connectivity index (χ4n) is 9.58. The monoisotopic (exact) mass is 585 g/mol. The van der Waals surface area contributed by atoms with Crippen molar-refractivity contribution in [1.29, 1.82) is 0 Å². The van der Waals surface area contributed by atoms with Crippen molar-refractivity contribution in [3.05, 3.63) is 83.0 Å². The van der Waals surface area contributed by atoms with Gasteiger partial charge in [-0.3, -0.25) is 9.59 Å². The quantitative estimate of drug-likeness (QED) is 0.303. The van der Waals surface area contributed by atoms with Crippen molar-refractivity contribution in [2.75, 3.05) is 12.3 Å². The number of allylic oxidation sites excluding steroid dienone is 4. The van der Waals surface area contributed by atoms with Crippen LogP contribution in [0.4, 0.5) is 5.69 Å². The lowest BCUT2D eigenvalue weighted by Gasteiger charge is -2.59. The largest absolute Gasteiger partial charge is 0.506 e. The van der Waals surface area contributed by atoms with Crippen LogP contribution in [0.25, 0.3) is 0 Å². The van der Waals surface area contributed by atoms with Gasteiger partial charge in [0.1, 0.15) is 12.4 Å². The van der Waals surface area contributed by atoms with Gasteiger partial charge in [0.2, 0.25) is 0 Å². The predicted molar refractivity (Wildman–Crippen MR) is 159 cm³/mol. The van der Waals surface area contributed by atoms with Crippen LogP contribution in [0.3, 0.4) is 0 Å². The Bertz CT molecular complexity index is 1550. The van der Waals surface area contributed by atoms with Crippen LogP contribution in [0.1, 0.15) is 62.5 Å². The second-order valence-corrected chi connectivity index (χ2v) is 13.7. The smallest absolute Gasteiger partial charge is 0.193 e. The number of carbonyl (C=O) groups excluding carboxylic acids is 2. The van der Waals surface area contributed by atoms with Gasteiger partial charge in [0, 0.05) is 22.3 Å². The summed E-state index contributed by atoms with van der Waals surface area (Å²) in [4.78, 5) is 25.9. The second kappa shape index (κ2) is 9.86. The summed E-state index contributed by atoms with van der Waals surface area (Å²) in [6.45, 7) is 3.50. The zero-order valence-electron chi connectivity index (χ0n) is 24.5. The van der Waals surface area contributed by atoms with Crippen molar-refractivity contribution in [2.24, 2.45) is 28.6 Å². The molecule has 4 aliphatic carbocycles. The highest BCUT2D eigenvalue weighted by atomic mass is 16.7. The van der Waals surface area contributed by atoms with Gasteiger partial charge >= 0.3 is 0 Å². The number of phenols is 1. The number of ketones is 2. The molecule has 8 nitrogen and oxygen atoms in total. The van der Waals surface area contributed by atoms with E-state index in [1.807, 2.05) is 43.3 Å². The molecule has 0 aromatic heterocycles. The van der Waals surface area contributed by atoms with Gasteiger partial charge in [-0.25, -0.2) is 0 Å². The third-order valence-corrected chi connectivity index (χ3v) is 11.5. The number of rotatable bonds is 5. The molecular weight excluding hydrogens is 546 g/mol. The SMILES string of the molecule is C[C@]12C=CC(=O)C=C1CC[C@@H]1C2[C@@H](O)C[C@@]2(C)C1C[C@H]1O[C@@H](c3ccc(Cc4ccc(O)c(N)c4)cc3)O[C@]12C(=O)CO. The van der Waals surface area contributed by atoms with Crippen LogP contribution in [-0.2, 0) is 25.5 Å². The van der Waals surface area contributed by atoms with Crippen LogP contribution in [0.5, 0.6) is 5.75 Å². The van der Waals surface area contributed by atoms with E-state index in [4.69, 9.17) is 15.2 Å². The third-order valence-electron chi connectivity index (χ3n) is 11.5. The molecule has 2 aromatic rings. The molecule has 3 saturated carbocycles. The minimum atomic E-state index is -1.37. The minimum absolute atomic E-state index is 0.00474. The number of aliphatic hydroxyl groups excluding tert-OH is 2. The van der Waals surface area contributed by atoms with E-state index in [1.54, 1.807) is 24.3 Å². The third kappa shape index (κ3) is 4.03. The maximum absolute atomic E-state index is 13.7. The number of Topliss-reactive ketones (excluding diaryl/α,β-unsaturated/α-hetero) is 1. The molecule has 2 aromatic carbocycles. The van der Waals surface area contributed by atoms with Gasteiger partial charge in [0.15, 0.2) is 23.5 Å². The van der Waals surface area contributed by atoms with E-state index in [2.05, 4.69) is 6.92 Å². The number of nitrogen functional groups attached to an aromatic ring is 1. The summed E-state index contributed by atoms with van der Waals surface area (Å²) in [6, 6.07) is 13.0. The molecule has 8 heteroatoms. The number of benzene rings is 2. The maximum atomic E-state index is 13.7. The maximum Gasteiger partial charge on any atom is 0.193 e. The Morgan fingerprint density at radius 2 is 1.86 bits per heavy atom. The molecule has 0 bridgehead atoms. The van der Waals surface area contributed by atoms with Crippen LogP contribution in [0, 0.1) is 28.6 Å². The lowest BCUT2D eigenvalue weighted by Crippen LogP contribution is -2.63. The molecule has 226 valence electrons. The van der Waals surface area contributed by atoms with Crippen LogP contribution >= 0.6 is 0 Å². The fraction of sp³-hybridized carbons (Fsp3) is 0.486. The van der Waals surface area contributed by atoms with E-state index in [1.165, 1.54) is 0 Å². The van der Waals surface area contributed by atoms with Gasteiger partial charge in [-0.15, -0.1) is 0 Å². The molecule has 5 N–H and O–H groups in total. The van der Waals surface area contributed by atoms with Crippen molar-refractivity contribution < 1.29 is 34.4 Å². The Labute approximate surface area is 251 Å². The molecule has 43 heavy (non-hydrogen) atoms. The average Bonchev–Trinajstić information content (AvgIpc) is 3.48. The highest BCUT2D eigenvalue weighted by molar-refractivity contribution is 6.01. The summed E-state index contributed by atoms with van der Waals surface area (Å²) in [7, 11) is 0. The van der Waals surface area contributed by atoms with E-state index < -0.39 is 47.3 Å². The van der Waals surface area contributed by atoms with E-state index in [0.717, 1.165) is 35.1 Å². The fourth-order valence-corrected chi connectivity index (χ4v) is 9.58. The second-order valence-electron chi connectivity index (χ2n) is 13.7. The van der Waals surface area contributed by atoms with Crippen LogP contribution in [-0.4, -0.2) is 51.3 Å². The molecule has 4 fully saturated rings. The molecule has 9 atom stereocenters. The Morgan fingerprint density at radius 3 is 2.58 bits per heavy atom. The molecule has 0 radical (unpaired) electrons. The summed E-state index contributed by atoms with van der Waals surface area (Å²) >= 11 is 0. The topological polar surface area (TPSA) is 139 Å². The number of aromatic hydroxyl groups is 1. The van der Waals surface area contributed by atoms with Crippen LogP contribution < -0.4 is 5.73 Å². The first-order valence-electron chi connectivity index (χ1n) is 15.3. The van der Waals surface area contributed by atoms with Gasteiger partial charge in [-0.1, -0.05) is 55.8 Å². The number of phenolic OH excluding ortho intramolecular Hbond substituents is 1. The molecule has 0 spiro atoms. The van der Waals surface area contributed by atoms with Crippen molar-refractivity contribution in [3.8, 4) is 5.75 Å². The number of nitrogens with two attached hydrogens (primary N) is 1. The van der Waals surface area contributed by atoms with Crippen molar-refractivity contribution in [3.63, 3.8) is 0 Å². The number of hydrogen-bond acceptors (Lipinski definition) is 8. The molecule has 1 aliphatic heterocycles. The molecule has 0 amide bonds. The first kappa shape index (κ1) is 28.5. The lowest BCUT2D eigenvalue weighted by atomic mass is 9.46. The van der Waals surface area contributed by atoms with Crippen molar-refractivity contribution >= 4 is 17.3 Å². The zero-order chi connectivity index (χ0) is 30.3. The average molecular weight is 586 g/mol. The Balaban J connectivity index is 1.17. The molecule has 2 unspecified atom stereocenters. The van der Waals surface area contributed by atoms with Gasteiger partial charge < -0.3 is 30.5 Å². The minimum Gasteiger partial charge on any atom is -0.506 e. The molecule has 1 saturated heterocycles. The summed E-state index contributed by atoms with van der Waals surface area (Å²) < 4.78 is 13.2. The first-order valence-corrected chi connectivity index (χ1v) is 15.3. The number of hydrogen-bond donors (Lipinski definition) is 4. The van der Waals surface area contributed by atoms with Crippen molar-refractivity contribution in [2.45, 2.75) is 70.1 Å². The standard InChI is InChI=1S/C35H39NO7/c1-33-12-11-23(38)15-22(33)8-9-24-25-16-30-35(29(41)18-37,34(25,2)17-28(40)31(24)33)43-32(42-30)21-6-3-19(4-7-21)13-20-5-10-27(39)26(36)14-20/h3-7,10-12,14-15,24-25,28,30-32,37,39-40H,8-9,13,16-18,36H2,1-2H3/t24-,25?,28-,30+,31?,32+,33-,34-,35+/m0/s1. The number of anilines is 1. The van der Waals surface area contributed by atoms with Gasteiger partial charge in [0.05, 0.1) is 17.9 Å². The summed E-state index contributed by atoms with van der Waals surface area (Å²) in [6.07, 6.45) is 6.45. The highest BCUT2D eigenvalue weighted by Gasteiger charge is 2.75. The first-order chi connectivity index (χ1) is 20.5. The summed E-state index contributed by atoms with van der Waals surface area (Å²) in [5.74, 6) is -0.265. The van der Waals surface area contributed by atoms with Gasteiger partial charge in [0.25, 0.3) is 0 Å². The number of ether oxygens (including phenoxy) is 2. The van der Waals surface area contributed by atoms with E-state index in [0.29, 0.717) is 24.9 Å². The molecule has 1 heterocycles. The zero-order valence-corrected chi connectivity index (χ0v) is 24.5. The summed E-state index contributed by atoms with van der Waals surface area (Å²) in [5, 5.41) is 31.7. The van der Waals surface area contributed by atoms with Crippen molar-refractivity contribution in [1.82, 2.24) is 0 Å². The summed E-state index contributed by atoms with van der Waals surface area (Å²) in [5.41, 5.74) is 7.53. The van der Waals surface area contributed by atoms with E-state index in [9.17, 15) is 24.9 Å². The normalized spacial score (nSPS) is 39.4. The molecule has 7 rings (SSSR count).